The number of alkyl halides is 6. The maximum absolute atomic E-state index is 12.9. The van der Waals surface area contributed by atoms with Gasteiger partial charge in [-0.3, -0.25) is 14.7 Å². The first-order chi connectivity index (χ1) is 15.4. The summed E-state index contributed by atoms with van der Waals surface area (Å²) in [6, 6.07) is 2.97. The van der Waals surface area contributed by atoms with Gasteiger partial charge in [-0.25, -0.2) is 9.78 Å². The minimum atomic E-state index is -4.61. The van der Waals surface area contributed by atoms with Gasteiger partial charge < -0.3 is 4.90 Å². The first-order valence-corrected chi connectivity index (χ1v) is 10.1. The van der Waals surface area contributed by atoms with Crippen LogP contribution in [0.15, 0.2) is 36.7 Å². The SMILES string of the molecule is CCC[C@H]1CN(c2ccc(C(F)(F)F)nc2)C(=O)N1CC(=O)Cc1ccc(C(F)(F)F)nc1. The second-order valence-corrected chi connectivity index (χ2v) is 7.63. The molecule has 2 aromatic heterocycles. The fraction of sp³-hybridized carbons (Fsp3) is 0.429. The molecular weight excluding hydrogens is 454 g/mol. The number of anilines is 1. The van der Waals surface area contributed by atoms with Crippen molar-refractivity contribution < 1.29 is 35.9 Å². The highest BCUT2D eigenvalue weighted by atomic mass is 19.4. The van der Waals surface area contributed by atoms with Crippen molar-refractivity contribution in [1.82, 2.24) is 14.9 Å². The highest BCUT2D eigenvalue weighted by Crippen LogP contribution is 2.31. The molecule has 1 aliphatic heterocycles. The molecule has 0 aromatic carbocycles. The summed E-state index contributed by atoms with van der Waals surface area (Å²) in [5, 5.41) is 0. The van der Waals surface area contributed by atoms with Gasteiger partial charge in [0.1, 0.15) is 11.4 Å². The smallest absolute Gasteiger partial charge is 0.312 e. The van der Waals surface area contributed by atoms with Crippen molar-refractivity contribution in [3.8, 4) is 0 Å². The number of pyridine rings is 2. The minimum absolute atomic E-state index is 0.175. The molecule has 1 aliphatic rings. The Morgan fingerprint density at radius 1 is 1.00 bits per heavy atom. The summed E-state index contributed by atoms with van der Waals surface area (Å²) in [5.41, 5.74) is -1.70. The molecule has 0 radical (unpaired) electrons. The third-order valence-corrected chi connectivity index (χ3v) is 5.15. The van der Waals surface area contributed by atoms with Gasteiger partial charge >= 0.3 is 18.4 Å². The number of Topliss-reactive ketones (excluding diaryl/α,β-unsaturated/α-hetero) is 1. The standard InChI is InChI=1S/C21H20F6N4O2/c1-2-3-15-11-30(14-5-7-18(29-10-14)21(25,26)27)19(33)31(15)12-16(32)8-13-4-6-17(28-9-13)20(22,23)24/h4-7,9-10,15H,2-3,8,11-12H2,1H3/t15-/m0/s1. The predicted octanol–water partition coefficient (Wildman–Crippen LogP) is 4.74. The van der Waals surface area contributed by atoms with E-state index in [9.17, 15) is 35.9 Å². The van der Waals surface area contributed by atoms with Crippen molar-refractivity contribution in [3.05, 3.63) is 53.6 Å². The fourth-order valence-electron chi connectivity index (χ4n) is 3.58. The number of nitrogens with zero attached hydrogens (tertiary/aromatic N) is 4. The summed E-state index contributed by atoms with van der Waals surface area (Å²) < 4.78 is 76.1. The second kappa shape index (κ2) is 9.36. The molecule has 178 valence electrons. The molecule has 0 saturated carbocycles. The van der Waals surface area contributed by atoms with Crippen molar-refractivity contribution in [2.24, 2.45) is 0 Å². The average Bonchev–Trinajstić information content (AvgIpc) is 3.03. The zero-order chi connectivity index (χ0) is 24.4. The zero-order valence-corrected chi connectivity index (χ0v) is 17.5. The highest BCUT2D eigenvalue weighted by molar-refractivity contribution is 5.97. The van der Waals surface area contributed by atoms with E-state index in [0.717, 1.165) is 36.7 Å². The number of halogens is 6. The molecule has 0 N–H and O–H groups in total. The number of carbonyl (C=O) groups excluding carboxylic acids is 2. The Labute approximate surface area is 185 Å². The molecule has 0 bridgehead atoms. The molecular formula is C21H20F6N4O2. The van der Waals surface area contributed by atoms with Crippen molar-refractivity contribution in [3.63, 3.8) is 0 Å². The lowest BCUT2D eigenvalue weighted by molar-refractivity contribution is -0.142. The summed E-state index contributed by atoms with van der Waals surface area (Å²) >= 11 is 0. The molecule has 1 saturated heterocycles. The van der Waals surface area contributed by atoms with Crippen molar-refractivity contribution in [1.29, 1.82) is 0 Å². The monoisotopic (exact) mass is 474 g/mol. The van der Waals surface area contributed by atoms with Gasteiger partial charge in [-0.2, -0.15) is 26.3 Å². The van der Waals surface area contributed by atoms with Gasteiger partial charge in [0, 0.05) is 19.2 Å². The quantitative estimate of drug-likeness (QED) is 0.544. The molecule has 3 heterocycles. The normalized spacial score (nSPS) is 17.1. The summed E-state index contributed by atoms with van der Waals surface area (Å²) in [4.78, 5) is 34.8. The lowest BCUT2D eigenvalue weighted by Crippen LogP contribution is -2.39. The molecule has 0 spiro atoms. The van der Waals surface area contributed by atoms with Gasteiger partial charge in [-0.05, 0) is 30.2 Å². The molecule has 6 nitrogen and oxygen atoms in total. The van der Waals surface area contributed by atoms with E-state index in [1.54, 1.807) is 0 Å². The summed E-state index contributed by atoms with van der Waals surface area (Å²) in [5.74, 6) is -0.404. The van der Waals surface area contributed by atoms with Crippen LogP contribution in [0.4, 0.5) is 36.8 Å². The Morgan fingerprint density at radius 3 is 2.09 bits per heavy atom. The maximum atomic E-state index is 12.9. The number of rotatable bonds is 7. The molecule has 3 rings (SSSR count). The zero-order valence-electron chi connectivity index (χ0n) is 17.5. The Hall–Kier alpha value is -3.18. The van der Waals surface area contributed by atoms with Gasteiger partial charge in [-0.1, -0.05) is 19.4 Å². The minimum Gasteiger partial charge on any atom is -0.312 e. The largest absolute Gasteiger partial charge is 0.433 e. The fourth-order valence-corrected chi connectivity index (χ4v) is 3.58. The Morgan fingerprint density at radius 2 is 1.61 bits per heavy atom. The van der Waals surface area contributed by atoms with Crippen LogP contribution < -0.4 is 4.90 Å². The third kappa shape index (κ3) is 5.79. The second-order valence-electron chi connectivity index (χ2n) is 7.63. The van der Waals surface area contributed by atoms with E-state index < -0.39 is 35.6 Å². The van der Waals surface area contributed by atoms with E-state index in [0.29, 0.717) is 12.8 Å². The van der Waals surface area contributed by atoms with Crippen LogP contribution in [0.25, 0.3) is 0 Å². The van der Waals surface area contributed by atoms with E-state index in [4.69, 9.17) is 0 Å². The molecule has 0 aliphatic carbocycles. The number of amides is 2. The molecule has 33 heavy (non-hydrogen) atoms. The molecule has 1 fully saturated rings. The van der Waals surface area contributed by atoms with Crippen LogP contribution in [0, 0.1) is 0 Å². The van der Waals surface area contributed by atoms with Crippen LogP contribution in [0.3, 0.4) is 0 Å². The maximum Gasteiger partial charge on any atom is 0.433 e. The first-order valence-electron chi connectivity index (χ1n) is 10.1. The van der Waals surface area contributed by atoms with Crippen LogP contribution >= 0.6 is 0 Å². The third-order valence-electron chi connectivity index (χ3n) is 5.15. The molecule has 2 amide bonds. The van der Waals surface area contributed by atoms with Gasteiger partial charge in [-0.15, -0.1) is 0 Å². The van der Waals surface area contributed by atoms with E-state index >= 15 is 0 Å². The van der Waals surface area contributed by atoms with E-state index in [2.05, 4.69) is 9.97 Å². The van der Waals surface area contributed by atoms with Gasteiger partial charge in [0.25, 0.3) is 0 Å². The molecule has 2 aromatic rings. The van der Waals surface area contributed by atoms with Crippen LogP contribution in [-0.2, 0) is 23.6 Å². The number of carbonyl (C=O) groups is 2. The number of hydrogen-bond donors (Lipinski definition) is 0. The van der Waals surface area contributed by atoms with Crippen LogP contribution in [-0.4, -0.2) is 45.8 Å². The van der Waals surface area contributed by atoms with Gasteiger partial charge in [0.05, 0.1) is 24.5 Å². The topological polar surface area (TPSA) is 66.4 Å². The van der Waals surface area contributed by atoms with Gasteiger partial charge in [0.2, 0.25) is 0 Å². The number of aromatic nitrogens is 2. The first kappa shape index (κ1) is 24.5. The number of urea groups is 1. The summed E-state index contributed by atoms with van der Waals surface area (Å²) in [6.07, 6.45) is -6.22. The number of hydrogen-bond acceptors (Lipinski definition) is 4. The van der Waals surface area contributed by atoms with E-state index in [1.807, 2.05) is 6.92 Å². The highest BCUT2D eigenvalue weighted by Gasteiger charge is 2.39. The average molecular weight is 474 g/mol. The van der Waals surface area contributed by atoms with Crippen molar-refractivity contribution in [2.45, 2.75) is 44.6 Å². The Kier molecular flexibility index (Phi) is 6.94. The van der Waals surface area contributed by atoms with Crippen LogP contribution in [0.2, 0.25) is 0 Å². The van der Waals surface area contributed by atoms with Crippen molar-refractivity contribution >= 4 is 17.5 Å². The van der Waals surface area contributed by atoms with Gasteiger partial charge in [0.15, 0.2) is 5.78 Å². The lowest BCUT2D eigenvalue weighted by Gasteiger charge is -2.22. The van der Waals surface area contributed by atoms with E-state index in [-0.39, 0.29) is 36.8 Å². The Bertz CT molecular complexity index is 990. The lowest BCUT2D eigenvalue weighted by atomic mass is 10.1. The predicted molar refractivity (Wildman–Crippen MR) is 105 cm³/mol. The van der Waals surface area contributed by atoms with Crippen LogP contribution in [0.5, 0.6) is 0 Å². The van der Waals surface area contributed by atoms with Crippen LogP contribution in [0.1, 0.15) is 36.7 Å². The van der Waals surface area contributed by atoms with Crippen molar-refractivity contribution in [2.75, 3.05) is 18.0 Å². The van der Waals surface area contributed by atoms with E-state index in [1.165, 1.54) is 9.80 Å². The number of ketones is 1. The molecule has 0 unspecified atom stereocenters. The Balaban J connectivity index is 1.70. The summed E-state index contributed by atoms with van der Waals surface area (Å²) in [6.45, 7) is 1.78. The molecule has 12 heteroatoms. The summed E-state index contributed by atoms with van der Waals surface area (Å²) in [7, 11) is 0. The molecule has 1 atom stereocenters.